The first-order valence-corrected chi connectivity index (χ1v) is 9.07. The number of anilines is 1. The van der Waals surface area contributed by atoms with E-state index in [4.69, 9.17) is 4.74 Å². The molecule has 6 nitrogen and oxygen atoms in total. The zero-order valence-corrected chi connectivity index (χ0v) is 16.1. The normalized spacial score (nSPS) is 10.9. The quantitative estimate of drug-likeness (QED) is 0.706. The topological polar surface area (TPSA) is 69.0 Å². The summed E-state index contributed by atoms with van der Waals surface area (Å²) in [6, 6.07) is 15.4. The van der Waals surface area contributed by atoms with Crippen molar-refractivity contribution in [1.82, 2.24) is 15.0 Å². The Morgan fingerprint density at radius 3 is 2.52 bits per heavy atom. The smallest absolute Gasteiger partial charge is 0.278 e. The number of hydrogen-bond donors (Lipinski definition) is 1. The first kappa shape index (κ1) is 18.6. The second kappa shape index (κ2) is 8.03. The van der Waals surface area contributed by atoms with E-state index in [1.807, 2.05) is 44.2 Å². The molecule has 0 fully saturated rings. The van der Waals surface area contributed by atoms with Crippen molar-refractivity contribution in [2.45, 2.75) is 33.6 Å². The van der Waals surface area contributed by atoms with Gasteiger partial charge in [0.2, 0.25) is 0 Å². The van der Waals surface area contributed by atoms with Crippen molar-refractivity contribution < 1.29 is 9.53 Å². The Hall–Kier alpha value is -3.15. The van der Waals surface area contributed by atoms with E-state index < -0.39 is 0 Å². The van der Waals surface area contributed by atoms with Crippen LogP contribution in [0.1, 0.15) is 48.4 Å². The summed E-state index contributed by atoms with van der Waals surface area (Å²) in [5, 5.41) is 11.1. The van der Waals surface area contributed by atoms with Gasteiger partial charge >= 0.3 is 0 Å². The van der Waals surface area contributed by atoms with Gasteiger partial charge in [-0.3, -0.25) is 4.79 Å². The number of nitrogens with zero attached hydrogens (tertiary/aromatic N) is 3. The van der Waals surface area contributed by atoms with Gasteiger partial charge in [-0.15, -0.1) is 5.10 Å². The average Bonchev–Trinajstić information content (AvgIpc) is 3.05. The van der Waals surface area contributed by atoms with E-state index in [1.165, 1.54) is 5.56 Å². The molecule has 0 saturated heterocycles. The molecule has 0 bridgehead atoms. The maximum atomic E-state index is 12.7. The predicted octanol–water partition coefficient (Wildman–Crippen LogP) is 4.35. The third kappa shape index (κ3) is 4.00. The Labute approximate surface area is 159 Å². The molecule has 0 aliphatic heterocycles. The molecule has 1 aromatic heterocycles. The first-order chi connectivity index (χ1) is 13.0. The minimum absolute atomic E-state index is 0.286. The monoisotopic (exact) mass is 364 g/mol. The van der Waals surface area contributed by atoms with Gasteiger partial charge in [0, 0.05) is 0 Å². The van der Waals surface area contributed by atoms with E-state index in [1.54, 1.807) is 10.7 Å². The van der Waals surface area contributed by atoms with E-state index in [9.17, 15) is 4.79 Å². The number of para-hydroxylation sites is 2. The summed E-state index contributed by atoms with van der Waals surface area (Å²) < 4.78 is 7.23. The second-order valence-corrected chi connectivity index (χ2v) is 6.56. The maximum Gasteiger partial charge on any atom is 0.278 e. The highest BCUT2D eigenvalue weighted by molar-refractivity contribution is 6.04. The summed E-state index contributed by atoms with van der Waals surface area (Å²) in [7, 11) is 0. The van der Waals surface area contributed by atoms with Gasteiger partial charge < -0.3 is 10.1 Å². The summed E-state index contributed by atoms with van der Waals surface area (Å²) in [5.41, 5.74) is 3.70. The van der Waals surface area contributed by atoms with Gasteiger partial charge in [-0.1, -0.05) is 43.3 Å². The summed E-state index contributed by atoms with van der Waals surface area (Å²) in [4.78, 5) is 12.7. The van der Waals surface area contributed by atoms with E-state index >= 15 is 0 Å². The Bertz CT molecular complexity index is 930. The predicted molar refractivity (Wildman–Crippen MR) is 106 cm³/mol. The van der Waals surface area contributed by atoms with Crippen molar-refractivity contribution in [3.05, 3.63) is 65.5 Å². The molecule has 3 aromatic rings. The van der Waals surface area contributed by atoms with E-state index in [0.717, 1.165) is 5.69 Å². The van der Waals surface area contributed by atoms with Gasteiger partial charge in [0.05, 0.1) is 23.7 Å². The van der Waals surface area contributed by atoms with Crippen LogP contribution in [0.3, 0.4) is 0 Å². The van der Waals surface area contributed by atoms with Crippen molar-refractivity contribution in [2.75, 3.05) is 11.9 Å². The van der Waals surface area contributed by atoms with Crippen LogP contribution in [-0.2, 0) is 0 Å². The van der Waals surface area contributed by atoms with Crippen LogP contribution >= 0.6 is 0 Å². The Morgan fingerprint density at radius 2 is 1.85 bits per heavy atom. The minimum Gasteiger partial charge on any atom is -0.492 e. The van der Waals surface area contributed by atoms with Gasteiger partial charge in [0.15, 0.2) is 5.69 Å². The molecule has 1 amide bonds. The molecule has 140 valence electrons. The van der Waals surface area contributed by atoms with Crippen LogP contribution in [0.15, 0.2) is 48.5 Å². The third-order valence-electron chi connectivity index (χ3n) is 4.35. The molecular weight excluding hydrogens is 340 g/mol. The van der Waals surface area contributed by atoms with Crippen LogP contribution in [0.4, 0.5) is 5.69 Å². The lowest BCUT2D eigenvalue weighted by molar-refractivity contribution is 0.102. The number of aromatic nitrogens is 3. The molecule has 0 unspecified atom stereocenters. The minimum atomic E-state index is -0.315. The lowest BCUT2D eigenvalue weighted by atomic mass is 10.0. The third-order valence-corrected chi connectivity index (χ3v) is 4.35. The molecule has 6 heteroatoms. The molecule has 3 rings (SSSR count). The summed E-state index contributed by atoms with van der Waals surface area (Å²) >= 11 is 0. The van der Waals surface area contributed by atoms with Crippen molar-refractivity contribution in [1.29, 1.82) is 0 Å². The zero-order valence-electron chi connectivity index (χ0n) is 16.1. The van der Waals surface area contributed by atoms with E-state index in [0.29, 0.717) is 29.7 Å². The molecule has 0 radical (unpaired) electrons. The molecule has 0 aliphatic carbocycles. The largest absolute Gasteiger partial charge is 0.492 e. The summed E-state index contributed by atoms with van der Waals surface area (Å²) in [5.74, 6) is 0.773. The van der Waals surface area contributed by atoms with Crippen LogP contribution in [0, 0.1) is 6.92 Å². The van der Waals surface area contributed by atoms with Gasteiger partial charge in [-0.25, -0.2) is 4.68 Å². The van der Waals surface area contributed by atoms with Crippen molar-refractivity contribution in [3.8, 4) is 11.4 Å². The fourth-order valence-electron chi connectivity index (χ4n) is 2.82. The first-order valence-electron chi connectivity index (χ1n) is 9.07. The number of rotatable bonds is 6. The van der Waals surface area contributed by atoms with Gasteiger partial charge in [0.1, 0.15) is 5.75 Å². The maximum absolute atomic E-state index is 12.7. The van der Waals surface area contributed by atoms with Crippen LogP contribution in [0.2, 0.25) is 0 Å². The van der Waals surface area contributed by atoms with Crippen LogP contribution in [0.5, 0.6) is 5.75 Å². The number of benzene rings is 2. The number of hydrogen-bond acceptors (Lipinski definition) is 4. The van der Waals surface area contributed by atoms with E-state index in [2.05, 4.69) is 41.6 Å². The van der Waals surface area contributed by atoms with Crippen molar-refractivity contribution in [2.24, 2.45) is 0 Å². The number of carbonyl (C=O) groups excluding carboxylic acids is 1. The Morgan fingerprint density at radius 1 is 1.15 bits per heavy atom. The van der Waals surface area contributed by atoms with Crippen LogP contribution in [-0.4, -0.2) is 27.5 Å². The number of nitrogens with one attached hydrogen (secondary N) is 1. The highest BCUT2D eigenvalue weighted by Crippen LogP contribution is 2.25. The fraction of sp³-hybridized carbons (Fsp3) is 0.286. The van der Waals surface area contributed by atoms with Crippen LogP contribution in [0.25, 0.3) is 5.69 Å². The number of carbonyl (C=O) groups is 1. The molecule has 0 atom stereocenters. The molecule has 27 heavy (non-hydrogen) atoms. The second-order valence-electron chi connectivity index (χ2n) is 6.56. The van der Waals surface area contributed by atoms with Crippen molar-refractivity contribution in [3.63, 3.8) is 0 Å². The van der Waals surface area contributed by atoms with E-state index in [-0.39, 0.29) is 11.6 Å². The standard InChI is InChI=1S/C21H24N4O2/c1-5-27-19-9-7-6-8-18(19)22-21(26)20-15(4)25(24-23-20)17-12-10-16(11-13-17)14(2)3/h6-14H,5H2,1-4H3,(H,22,26). The molecule has 1 N–H and O–H groups in total. The highest BCUT2D eigenvalue weighted by Gasteiger charge is 2.18. The van der Waals surface area contributed by atoms with Crippen LogP contribution < -0.4 is 10.1 Å². The number of ether oxygens (including phenoxy) is 1. The Kier molecular flexibility index (Phi) is 5.54. The summed E-state index contributed by atoms with van der Waals surface area (Å²) in [6.45, 7) is 8.56. The SMILES string of the molecule is CCOc1ccccc1NC(=O)c1nnn(-c2ccc(C(C)C)cc2)c1C. The molecule has 0 saturated carbocycles. The van der Waals surface area contributed by atoms with Crippen molar-refractivity contribution >= 4 is 11.6 Å². The molecule has 0 aliphatic rings. The number of amides is 1. The van der Waals surface area contributed by atoms with Gasteiger partial charge in [-0.2, -0.15) is 0 Å². The lowest BCUT2D eigenvalue weighted by Crippen LogP contribution is -2.15. The Balaban J connectivity index is 1.83. The molecular formula is C21H24N4O2. The lowest BCUT2D eigenvalue weighted by Gasteiger charge is -2.10. The van der Waals surface area contributed by atoms with Gasteiger partial charge in [-0.05, 0) is 49.6 Å². The highest BCUT2D eigenvalue weighted by atomic mass is 16.5. The molecule has 0 spiro atoms. The summed E-state index contributed by atoms with van der Waals surface area (Å²) in [6.07, 6.45) is 0. The molecule has 2 aromatic carbocycles. The molecule has 1 heterocycles. The average molecular weight is 364 g/mol. The van der Waals surface area contributed by atoms with Gasteiger partial charge in [0.25, 0.3) is 5.91 Å². The fourth-order valence-corrected chi connectivity index (χ4v) is 2.82. The zero-order chi connectivity index (χ0) is 19.4.